The van der Waals surface area contributed by atoms with Gasteiger partial charge >= 0.3 is 11.9 Å². The Morgan fingerprint density at radius 3 is 2.56 bits per heavy atom. The van der Waals surface area contributed by atoms with Crippen LogP contribution < -0.4 is 10.3 Å². The number of hydrogen-bond donors (Lipinski definition) is 1. The van der Waals surface area contributed by atoms with Crippen molar-refractivity contribution in [2.75, 3.05) is 30.1 Å². The molecule has 4 rings (SSSR count). The zero-order valence-corrected chi connectivity index (χ0v) is 18.9. The molecule has 1 aliphatic heterocycles. The summed E-state index contributed by atoms with van der Waals surface area (Å²) in [6.45, 7) is 4.36. The van der Waals surface area contributed by atoms with Crippen molar-refractivity contribution in [1.29, 1.82) is 0 Å². The Labute approximate surface area is 190 Å². The average Bonchev–Trinajstić information content (AvgIpc) is 3.48. The second kappa shape index (κ2) is 9.52. The molecule has 0 saturated heterocycles. The fraction of sp³-hybridized carbons (Fsp3) is 0.391. The molecule has 1 aliphatic carbocycles. The number of aryl methyl sites for hydroxylation is 1. The van der Waals surface area contributed by atoms with E-state index in [1.165, 1.54) is 11.3 Å². The molecule has 9 heteroatoms. The Kier molecular flexibility index (Phi) is 6.55. The molecule has 1 amide bonds. The standard InChI is InChI=1S/C23H25N3O5S/c1-3-30-23(29)20-17-5-4-6-18(17)32-21(20)24-19(27)13-31-22(28)15-7-9-16(10-8-15)26-12-11-14(2)25-26/h7-10H,3-6,11-13H2,1-2H3,(H,24,27). The van der Waals surface area contributed by atoms with Gasteiger partial charge in [-0.1, -0.05) is 0 Å². The van der Waals surface area contributed by atoms with Gasteiger partial charge in [-0.25, -0.2) is 9.59 Å². The molecular weight excluding hydrogens is 430 g/mol. The molecule has 0 saturated carbocycles. The number of nitrogens with one attached hydrogen (secondary N) is 1. The van der Waals surface area contributed by atoms with Gasteiger partial charge in [0.2, 0.25) is 0 Å². The van der Waals surface area contributed by atoms with Crippen molar-refractivity contribution in [3.05, 3.63) is 45.8 Å². The smallest absolute Gasteiger partial charge is 0.341 e. The number of ether oxygens (including phenoxy) is 2. The Morgan fingerprint density at radius 2 is 1.88 bits per heavy atom. The third-order valence-corrected chi connectivity index (χ3v) is 6.57. The minimum Gasteiger partial charge on any atom is -0.462 e. The summed E-state index contributed by atoms with van der Waals surface area (Å²) in [4.78, 5) is 38.2. The highest BCUT2D eigenvalue weighted by atomic mass is 32.1. The number of hydrogen-bond acceptors (Lipinski definition) is 8. The number of rotatable bonds is 7. The van der Waals surface area contributed by atoms with Crippen LogP contribution in [0.2, 0.25) is 0 Å². The number of esters is 2. The van der Waals surface area contributed by atoms with Gasteiger partial charge in [-0.15, -0.1) is 11.3 Å². The maximum absolute atomic E-state index is 12.4. The first-order valence-electron chi connectivity index (χ1n) is 10.7. The summed E-state index contributed by atoms with van der Waals surface area (Å²) in [6, 6.07) is 6.91. The van der Waals surface area contributed by atoms with Crippen LogP contribution in [-0.4, -0.2) is 43.3 Å². The molecule has 0 bridgehead atoms. The lowest BCUT2D eigenvalue weighted by Gasteiger charge is -2.13. The van der Waals surface area contributed by atoms with Crippen molar-refractivity contribution in [2.24, 2.45) is 5.10 Å². The molecule has 32 heavy (non-hydrogen) atoms. The van der Waals surface area contributed by atoms with Gasteiger partial charge < -0.3 is 14.8 Å². The maximum atomic E-state index is 12.4. The monoisotopic (exact) mass is 455 g/mol. The van der Waals surface area contributed by atoms with Gasteiger partial charge in [0.1, 0.15) is 5.00 Å². The summed E-state index contributed by atoms with van der Waals surface area (Å²) >= 11 is 1.39. The summed E-state index contributed by atoms with van der Waals surface area (Å²) in [7, 11) is 0. The minimum atomic E-state index is -0.591. The minimum absolute atomic E-state index is 0.261. The summed E-state index contributed by atoms with van der Waals surface area (Å²) in [6.07, 6.45) is 3.59. The van der Waals surface area contributed by atoms with Gasteiger partial charge in [0, 0.05) is 23.6 Å². The van der Waals surface area contributed by atoms with E-state index in [-0.39, 0.29) is 6.61 Å². The van der Waals surface area contributed by atoms with Gasteiger partial charge in [0.15, 0.2) is 6.61 Å². The predicted molar refractivity (Wildman–Crippen MR) is 123 cm³/mol. The highest BCUT2D eigenvalue weighted by Gasteiger charge is 2.28. The molecule has 2 aliphatic rings. The Hall–Kier alpha value is -3.20. The van der Waals surface area contributed by atoms with Crippen molar-refractivity contribution in [3.8, 4) is 0 Å². The molecule has 2 heterocycles. The lowest BCUT2D eigenvalue weighted by molar-refractivity contribution is -0.119. The third kappa shape index (κ3) is 4.67. The highest BCUT2D eigenvalue weighted by molar-refractivity contribution is 7.17. The van der Waals surface area contributed by atoms with Crippen molar-refractivity contribution in [1.82, 2.24) is 0 Å². The van der Waals surface area contributed by atoms with Crippen LogP contribution in [0, 0.1) is 0 Å². The molecule has 168 valence electrons. The number of hydrazone groups is 1. The van der Waals surface area contributed by atoms with Crippen molar-refractivity contribution in [3.63, 3.8) is 0 Å². The van der Waals surface area contributed by atoms with Crippen LogP contribution in [0.3, 0.4) is 0 Å². The van der Waals surface area contributed by atoms with Crippen LogP contribution in [0.15, 0.2) is 29.4 Å². The molecule has 8 nitrogen and oxygen atoms in total. The van der Waals surface area contributed by atoms with Gasteiger partial charge in [-0.3, -0.25) is 9.80 Å². The molecule has 0 unspecified atom stereocenters. The summed E-state index contributed by atoms with van der Waals surface area (Å²) in [5, 5.41) is 9.49. The number of anilines is 2. The first-order valence-corrected chi connectivity index (χ1v) is 11.5. The summed E-state index contributed by atoms with van der Waals surface area (Å²) in [5.41, 5.74) is 3.71. The maximum Gasteiger partial charge on any atom is 0.341 e. The number of nitrogens with zero attached hydrogens (tertiary/aromatic N) is 2. The van der Waals surface area contributed by atoms with Crippen LogP contribution in [0.25, 0.3) is 0 Å². The Bertz CT molecular complexity index is 1070. The van der Waals surface area contributed by atoms with Gasteiger partial charge in [0.25, 0.3) is 5.91 Å². The first-order chi connectivity index (χ1) is 15.5. The van der Waals surface area contributed by atoms with Crippen molar-refractivity contribution >= 4 is 45.6 Å². The zero-order chi connectivity index (χ0) is 22.7. The number of benzene rings is 1. The second-order valence-corrected chi connectivity index (χ2v) is 8.77. The van der Waals surface area contributed by atoms with Crippen LogP contribution in [0.4, 0.5) is 10.7 Å². The van der Waals surface area contributed by atoms with E-state index >= 15 is 0 Å². The van der Waals surface area contributed by atoms with Crippen LogP contribution in [0.5, 0.6) is 0 Å². The normalized spacial score (nSPS) is 14.7. The SMILES string of the molecule is CCOC(=O)c1c(NC(=O)COC(=O)c2ccc(N3CCC(C)=N3)cc2)sc2c1CCC2. The van der Waals surface area contributed by atoms with Gasteiger partial charge in [0.05, 0.1) is 23.4 Å². The predicted octanol–water partition coefficient (Wildman–Crippen LogP) is 3.80. The number of fused-ring (bicyclic) bond motifs is 1. The van der Waals surface area contributed by atoms with Crippen LogP contribution >= 0.6 is 11.3 Å². The Balaban J connectivity index is 1.35. The fourth-order valence-corrected chi connectivity index (χ4v) is 5.11. The van der Waals surface area contributed by atoms with Crippen molar-refractivity contribution < 1.29 is 23.9 Å². The van der Waals surface area contributed by atoms with E-state index in [1.54, 1.807) is 31.2 Å². The molecule has 1 aromatic heterocycles. The number of carbonyl (C=O) groups excluding carboxylic acids is 3. The lowest BCUT2D eigenvalue weighted by atomic mass is 10.1. The van der Waals surface area contributed by atoms with Gasteiger partial charge in [-0.2, -0.15) is 5.10 Å². The zero-order valence-electron chi connectivity index (χ0n) is 18.1. The van der Waals surface area contributed by atoms with E-state index in [0.29, 0.717) is 16.1 Å². The Morgan fingerprint density at radius 1 is 1.09 bits per heavy atom. The second-order valence-electron chi connectivity index (χ2n) is 7.66. The van der Waals surface area contributed by atoms with E-state index in [2.05, 4.69) is 10.4 Å². The van der Waals surface area contributed by atoms with E-state index in [4.69, 9.17) is 9.47 Å². The van der Waals surface area contributed by atoms with Gasteiger partial charge in [-0.05, 0) is 62.9 Å². The molecule has 0 radical (unpaired) electrons. The van der Waals surface area contributed by atoms with Crippen molar-refractivity contribution in [2.45, 2.75) is 39.5 Å². The topological polar surface area (TPSA) is 97.3 Å². The molecule has 0 fully saturated rings. The van der Waals surface area contributed by atoms with E-state index in [9.17, 15) is 14.4 Å². The number of thiophene rings is 1. The van der Waals surface area contributed by atoms with E-state index in [1.807, 2.05) is 11.9 Å². The average molecular weight is 456 g/mol. The number of amides is 1. The molecule has 0 atom stereocenters. The third-order valence-electron chi connectivity index (χ3n) is 5.37. The number of carbonyl (C=O) groups is 3. The fourth-order valence-electron chi connectivity index (χ4n) is 3.82. The largest absolute Gasteiger partial charge is 0.462 e. The quantitative estimate of drug-likeness (QED) is 0.638. The molecule has 2 aromatic rings. The van der Waals surface area contributed by atoms with E-state index < -0.39 is 24.5 Å². The molecular formula is C23H25N3O5S. The van der Waals surface area contributed by atoms with Crippen LogP contribution in [-0.2, 0) is 27.1 Å². The lowest BCUT2D eigenvalue weighted by Crippen LogP contribution is -2.22. The molecule has 1 N–H and O–H groups in total. The summed E-state index contributed by atoms with van der Waals surface area (Å²) in [5.74, 6) is -1.52. The van der Waals surface area contributed by atoms with E-state index in [0.717, 1.165) is 54.1 Å². The molecule has 0 spiro atoms. The molecule has 1 aromatic carbocycles. The highest BCUT2D eigenvalue weighted by Crippen LogP contribution is 2.39. The summed E-state index contributed by atoms with van der Waals surface area (Å²) < 4.78 is 10.3. The van der Waals surface area contributed by atoms with Crippen LogP contribution in [0.1, 0.15) is 57.8 Å². The first kappa shape index (κ1) is 22.0.